The summed E-state index contributed by atoms with van der Waals surface area (Å²) < 4.78 is 4.78. The third-order valence-electron chi connectivity index (χ3n) is 2.25. The lowest BCUT2D eigenvalue weighted by atomic mass is 10.1. The zero-order chi connectivity index (χ0) is 14.4. The molecule has 1 amide bonds. The Morgan fingerprint density at radius 3 is 2.63 bits per heavy atom. The Balaban J connectivity index is 3.06. The average molecular weight is 266 g/mol. The van der Waals surface area contributed by atoms with Crippen LogP contribution in [0.2, 0.25) is 0 Å². The van der Waals surface area contributed by atoms with Gasteiger partial charge in [0.2, 0.25) is 5.91 Å². The molecule has 0 saturated carbocycles. The van der Waals surface area contributed by atoms with E-state index in [0.717, 1.165) is 0 Å². The zero-order valence-electron chi connectivity index (χ0n) is 10.6. The molecule has 1 aromatic rings. The molecule has 0 unspecified atom stereocenters. The first kappa shape index (κ1) is 14.6. The second-order valence-corrected chi connectivity index (χ2v) is 3.76. The van der Waals surface area contributed by atoms with Crippen LogP contribution in [0.4, 0.5) is 11.4 Å². The van der Waals surface area contributed by atoms with E-state index in [0.29, 0.717) is 11.3 Å². The van der Waals surface area contributed by atoms with E-state index in [-0.39, 0.29) is 24.6 Å². The maximum absolute atomic E-state index is 11.4. The third kappa shape index (κ3) is 4.38. The van der Waals surface area contributed by atoms with Gasteiger partial charge in [0.15, 0.2) is 0 Å². The largest absolute Gasteiger partial charge is 0.466 e. The van der Waals surface area contributed by atoms with Gasteiger partial charge in [-0.05, 0) is 18.6 Å². The molecule has 1 aromatic carbocycles. The molecule has 7 nitrogen and oxygen atoms in total. The molecular formula is C12H14N2O5. The average Bonchev–Trinajstić information content (AvgIpc) is 2.30. The second-order valence-electron chi connectivity index (χ2n) is 3.76. The zero-order valence-corrected chi connectivity index (χ0v) is 10.6. The minimum atomic E-state index is -0.563. The minimum Gasteiger partial charge on any atom is -0.466 e. The van der Waals surface area contributed by atoms with Crippen molar-refractivity contribution in [2.75, 3.05) is 11.9 Å². The first-order valence-corrected chi connectivity index (χ1v) is 5.64. The molecule has 19 heavy (non-hydrogen) atoms. The van der Waals surface area contributed by atoms with Gasteiger partial charge in [-0.1, -0.05) is 0 Å². The summed E-state index contributed by atoms with van der Waals surface area (Å²) in [7, 11) is 0. The number of anilines is 1. The number of amides is 1. The van der Waals surface area contributed by atoms with E-state index < -0.39 is 10.9 Å². The van der Waals surface area contributed by atoms with Gasteiger partial charge in [-0.25, -0.2) is 0 Å². The third-order valence-corrected chi connectivity index (χ3v) is 2.25. The number of nitrogens with one attached hydrogen (secondary N) is 1. The highest BCUT2D eigenvalue weighted by atomic mass is 16.6. The van der Waals surface area contributed by atoms with E-state index >= 15 is 0 Å². The smallest absolute Gasteiger partial charge is 0.310 e. The number of benzene rings is 1. The molecule has 0 fully saturated rings. The molecule has 1 N–H and O–H groups in total. The van der Waals surface area contributed by atoms with Crippen molar-refractivity contribution in [2.24, 2.45) is 0 Å². The number of ether oxygens (including phenoxy) is 1. The molecule has 0 bridgehead atoms. The number of carbonyl (C=O) groups is 2. The van der Waals surface area contributed by atoms with Crippen LogP contribution in [0.1, 0.15) is 19.4 Å². The second kappa shape index (κ2) is 6.48. The van der Waals surface area contributed by atoms with Crippen molar-refractivity contribution in [1.82, 2.24) is 0 Å². The summed E-state index contributed by atoms with van der Waals surface area (Å²) in [6.45, 7) is 3.21. The van der Waals surface area contributed by atoms with E-state index in [1.165, 1.54) is 25.1 Å². The standard InChI is InChI=1S/C12H14N2O5/c1-3-19-12(16)7-9-6-10(14(17)18)4-5-11(9)13-8(2)15/h4-6H,3,7H2,1-2H3,(H,13,15). The predicted octanol–water partition coefficient (Wildman–Crippen LogP) is 1.66. The summed E-state index contributed by atoms with van der Waals surface area (Å²) in [6.07, 6.45) is -0.134. The topological polar surface area (TPSA) is 98.5 Å². The predicted molar refractivity (Wildman–Crippen MR) is 67.7 cm³/mol. The van der Waals surface area contributed by atoms with E-state index in [1.807, 2.05) is 0 Å². The van der Waals surface area contributed by atoms with Crippen molar-refractivity contribution in [1.29, 1.82) is 0 Å². The SMILES string of the molecule is CCOC(=O)Cc1cc([N+](=O)[O-])ccc1NC(C)=O. The Labute approximate surface area is 109 Å². The quantitative estimate of drug-likeness (QED) is 0.496. The number of esters is 1. The number of nitro benzene ring substituents is 1. The van der Waals surface area contributed by atoms with Gasteiger partial charge in [0.1, 0.15) is 0 Å². The summed E-state index contributed by atoms with van der Waals surface area (Å²) in [5, 5.41) is 13.2. The van der Waals surface area contributed by atoms with E-state index in [1.54, 1.807) is 6.92 Å². The van der Waals surface area contributed by atoms with Crippen LogP contribution in [0, 0.1) is 10.1 Å². The Bertz CT molecular complexity index is 513. The lowest BCUT2D eigenvalue weighted by Crippen LogP contribution is -2.13. The van der Waals surface area contributed by atoms with Crippen LogP contribution in [0.3, 0.4) is 0 Å². The number of carbonyl (C=O) groups excluding carboxylic acids is 2. The fourth-order valence-corrected chi connectivity index (χ4v) is 1.52. The monoisotopic (exact) mass is 266 g/mol. The highest BCUT2D eigenvalue weighted by Crippen LogP contribution is 2.23. The fraction of sp³-hybridized carbons (Fsp3) is 0.333. The maximum atomic E-state index is 11.4. The number of nitro groups is 1. The molecule has 1 rings (SSSR count). The van der Waals surface area contributed by atoms with Crippen LogP contribution >= 0.6 is 0 Å². The molecule has 0 saturated heterocycles. The number of non-ortho nitro benzene ring substituents is 1. The minimum absolute atomic E-state index is 0.134. The van der Waals surface area contributed by atoms with Crippen molar-refractivity contribution in [3.05, 3.63) is 33.9 Å². The highest BCUT2D eigenvalue weighted by Gasteiger charge is 2.15. The van der Waals surface area contributed by atoms with Gasteiger partial charge in [0.25, 0.3) is 5.69 Å². The molecule has 0 radical (unpaired) electrons. The van der Waals surface area contributed by atoms with Crippen LogP contribution in [-0.2, 0) is 20.7 Å². The molecule has 0 aliphatic rings. The van der Waals surface area contributed by atoms with E-state index in [9.17, 15) is 19.7 Å². The maximum Gasteiger partial charge on any atom is 0.310 e. The normalized spacial score (nSPS) is 9.79. The first-order valence-electron chi connectivity index (χ1n) is 5.64. The van der Waals surface area contributed by atoms with E-state index in [2.05, 4.69) is 5.32 Å². The highest BCUT2D eigenvalue weighted by molar-refractivity contribution is 5.90. The molecule has 0 atom stereocenters. The number of hydrogen-bond donors (Lipinski definition) is 1. The van der Waals surface area contributed by atoms with Crippen molar-refractivity contribution in [2.45, 2.75) is 20.3 Å². The van der Waals surface area contributed by atoms with Crippen LogP contribution in [-0.4, -0.2) is 23.4 Å². The van der Waals surface area contributed by atoms with E-state index in [4.69, 9.17) is 4.74 Å². The summed E-state index contributed by atoms with van der Waals surface area (Å²) >= 11 is 0. The van der Waals surface area contributed by atoms with Gasteiger partial charge in [0, 0.05) is 24.7 Å². The van der Waals surface area contributed by atoms with Gasteiger partial charge in [0.05, 0.1) is 18.0 Å². The van der Waals surface area contributed by atoms with Crippen LogP contribution in [0.15, 0.2) is 18.2 Å². The Morgan fingerprint density at radius 1 is 1.42 bits per heavy atom. The Hall–Kier alpha value is -2.44. The molecular weight excluding hydrogens is 252 g/mol. The molecule has 0 heterocycles. The molecule has 0 aliphatic carbocycles. The summed E-state index contributed by atoms with van der Waals surface area (Å²) in [4.78, 5) is 32.6. The summed E-state index contributed by atoms with van der Waals surface area (Å²) in [5.74, 6) is -0.825. The van der Waals surface area contributed by atoms with Crippen molar-refractivity contribution >= 4 is 23.3 Å². The van der Waals surface area contributed by atoms with Gasteiger partial charge in [-0.15, -0.1) is 0 Å². The number of rotatable bonds is 5. The molecule has 0 aromatic heterocycles. The lowest BCUT2D eigenvalue weighted by molar-refractivity contribution is -0.384. The van der Waals surface area contributed by atoms with Gasteiger partial charge < -0.3 is 10.1 Å². The fourth-order valence-electron chi connectivity index (χ4n) is 1.52. The molecule has 102 valence electrons. The number of hydrogen-bond acceptors (Lipinski definition) is 5. The van der Waals surface area contributed by atoms with Crippen LogP contribution in [0.5, 0.6) is 0 Å². The first-order chi connectivity index (χ1) is 8.93. The number of nitrogens with zero attached hydrogens (tertiary/aromatic N) is 1. The van der Waals surface area contributed by atoms with Crippen LogP contribution in [0.25, 0.3) is 0 Å². The van der Waals surface area contributed by atoms with Gasteiger partial charge in [-0.2, -0.15) is 0 Å². The van der Waals surface area contributed by atoms with Crippen molar-refractivity contribution < 1.29 is 19.2 Å². The van der Waals surface area contributed by atoms with Crippen molar-refractivity contribution in [3.8, 4) is 0 Å². The van der Waals surface area contributed by atoms with Crippen LogP contribution < -0.4 is 5.32 Å². The molecule has 7 heteroatoms. The lowest BCUT2D eigenvalue weighted by Gasteiger charge is -2.09. The molecule has 0 spiro atoms. The van der Waals surface area contributed by atoms with Gasteiger partial charge in [-0.3, -0.25) is 19.7 Å². The Kier molecular flexibility index (Phi) is 4.99. The molecule has 0 aliphatic heterocycles. The summed E-state index contributed by atoms with van der Waals surface area (Å²) in [6, 6.07) is 3.91. The summed E-state index contributed by atoms with van der Waals surface area (Å²) in [5.41, 5.74) is 0.572. The Morgan fingerprint density at radius 2 is 2.11 bits per heavy atom. The van der Waals surface area contributed by atoms with Gasteiger partial charge >= 0.3 is 5.97 Å². The van der Waals surface area contributed by atoms with Crippen molar-refractivity contribution in [3.63, 3.8) is 0 Å².